The van der Waals surface area contributed by atoms with Crippen LogP contribution in [0.15, 0.2) is 84.9 Å². The lowest BCUT2D eigenvalue weighted by atomic mass is 9.93. The molecule has 2 aliphatic heterocycles. The van der Waals surface area contributed by atoms with Gasteiger partial charge >= 0.3 is 0 Å². The van der Waals surface area contributed by atoms with E-state index >= 15 is 8.78 Å². The lowest BCUT2D eigenvalue weighted by molar-refractivity contribution is -0.127. The van der Waals surface area contributed by atoms with Crippen LogP contribution in [0.1, 0.15) is 101 Å². The van der Waals surface area contributed by atoms with Crippen LogP contribution in [0.4, 0.5) is 20.2 Å². The minimum atomic E-state index is -4.07. The highest BCUT2D eigenvalue weighted by Crippen LogP contribution is 2.39. The van der Waals surface area contributed by atoms with E-state index in [1.807, 2.05) is 0 Å². The second kappa shape index (κ2) is 23.0. The summed E-state index contributed by atoms with van der Waals surface area (Å²) in [6.07, 6.45) is 7.91. The number of benzene rings is 4. The fraction of sp³-hybridized carbons (Fsp3) is 0.440. The monoisotopic (exact) mass is 1070 g/mol. The molecular formula is C50H58Cl2F2N8O8S2. The summed E-state index contributed by atoms with van der Waals surface area (Å²) >= 11 is 13.8. The molecule has 4 aromatic rings. The Bertz CT molecular complexity index is 2900. The van der Waals surface area contributed by atoms with Gasteiger partial charge in [-0.05, 0) is 86.7 Å². The van der Waals surface area contributed by atoms with Crippen molar-refractivity contribution >= 4 is 78.6 Å². The molecule has 4 aromatic carbocycles. The van der Waals surface area contributed by atoms with Crippen molar-refractivity contribution in [3.05, 3.63) is 118 Å². The number of nitrogens with one attached hydrogen (secondary N) is 4. The van der Waals surface area contributed by atoms with E-state index in [1.165, 1.54) is 53.7 Å². The lowest BCUT2D eigenvalue weighted by Crippen LogP contribution is -2.53. The summed E-state index contributed by atoms with van der Waals surface area (Å²) in [7, 11) is -7.90. The zero-order valence-electron chi connectivity index (χ0n) is 39.7. The molecule has 4 fully saturated rings. The first kappa shape index (κ1) is 53.2. The molecule has 8 rings (SSSR count). The van der Waals surface area contributed by atoms with Gasteiger partial charge in [-0.3, -0.25) is 29.0 Å². The minimum Gasteiger partial charge on any atom is -0.351 e. The van der Waals surface area contributed by atoms with Gasteiger partial charge in [-0.15, -0.1) is 0 Å². The van der Waals surface area contributed by atoms with E-state index in [1.54, 1.807) is 24.3 Å². The summed E-state index contributed by atoms with van der Waals surface area (Å²) in [6, 6.07) is 14.9. The van der Waals surface area contributed by atoms with Gasteiger partial charge in [0.1, 0.15) is 23.7 Å². The first-order valence-corrected chi connectivity index (χ1v) is 27.9. The Labute approximate surface area is 429 Å². The van der Waals surface area contributed by atoms with E-state index in [2.05, 4.69) is 20.1 Å². The molecule has 4 N–H and O–H groups in total. The fourth-order valence-corrected chi connectivity index (χ4v) is 12.3. The van der Waals surface area contributed by atoms with Crippen LogP contribution in [0, 0.1) is 11.6 Å². The van der Waals surface area contributed by atoms with E-state index in [4.69, 9.17) is 23.2 Å². The Balaban J connectivity index is 1.16. The molecule has 0 radical (unpaired) electrons. The quantitative estimate of drug-likeness (QED) is 0.0675. The van der Waals surface area contributed by atoms with Gasteiger partial charge in [0.15, 0.2) is 0 Å². The minimum absolute atomic E-state index is 0.00818. The maximum Gasteiger partial charge on any atom is 0.280 e. The van der Waals surface area contributed by atoms with Crippen LogP contribution in [-0.4, -0.2) is 99.9 Å². The third-order valence-corrected chi connectivity index (χ3v) is 17.3. The molecule has 2 saturated heterocycles. The van der Waals surface area contributed by atoms with Crippen molar-refractivity contribution in [1.29, 1.82) is 0 Å². The Morgan fingerprint density at radius 1 is 0.653 bits per heavy atom. The van der Waals surface area contributed by atoms with Gasteiger partial charge < -0.3 is 10.6 Å². The van der Waals surface area contributed by atoms with Crippen LogP contribution in [0.2, 0.25) is 10.0 Å². The van der Waals surface area contributed by atoms with Crippen LogP contribution in [-0.2, 0) is 39.6 Å². The second-order valence-electron chi connectivity index (χ2n) is 18.7. The number of nitrogens with zero attached hydrogens (tertiary/aromatic N) is 4. The first-order valence-electron chi connectivity index (χ1n) is 24.3. The van der Waals surface area contributed by atoms with Crippen molar-refractivity contribution in [2.75, 3.05) is 42.5 Å². The van der Waals surface area contributed by atoms with Crippen LogP contribution < -0.4 is 29.9 Å². The van der Waals surface area contributed by atoms with Crippen molar-refractivity contribution in [3.63, 3.8) is 0 Å². The molecule has 386 valence electrons. The number of amides is 4. The molecular weight excluding hydrogens is 1010 g/mol. The second-order valence-corrected chi connectivity index (χ2v) is 22.9. The molecule has 4 amide bonds. The highest BCUT2D eigenvalue weighted by Gasteiger charge is 2.41. The van der Waals surface area contributed by atoms with E-state index < -0.39 is 80.2 Å². The Kier molecular flexibility index (Phi) is 17.0. The van der Waals surface area contributed by atoms with Crippen LogP contribution in [0.5, 0.6) is 0 Å². The van der Waals surface area contributed by atoms with Gasteiger partial charge in [0.2, 0.25) is 23.6 Å². The maximum atomic E-state index is 16.9. The van der Waals surface area contributed by atoms with Gasteiger partial charge in [0, 0.05) is 89.3 Å². The van der Waals surface area contributed by atoms with Gasteiger partial charge in [0.25, 0.3) is 20.4 Å². The van der Waals surface area contributed by atoms with Gasteiger partial charge in [-0.2, -0.15) is 30.2 Å². The van der Waals surface area contributed by atoms with E-state index in [0.29, 0.717) is 25.9 Å². The van der Waals surface area contributed by atoms with Crippen molar-refractivity contribution < 1.29 is 44.8 Å². The third-order valence-electron chi connectivity index (χ3n) is 13.4. The summed E-state index contributed by atoms with van der Waals surface area (Å²) in [6.45, 7) is 2.24. The number of carbonyl (C=O) groups excluding carboxylic acids is 4. The summed E-state index contributed by atoms with van der Waals surface area (Å²) in [5, 5.41) is 6.21. The molecule has 2 aliphatic carbocycles. The molecule has 3 atom stereocenters. The maximum absolute atomic E-state index is 16.9. The van der Waals surface area contributed by atoms with Crippen molar-refractivity contribution in [1.82, 2.24) is 28.7 Å². The van der Waals surface area contributed by atoms with Gasteiger partial charge in [0.05, 0.1) is 6.04 Å². The van der Waals surface area contributed by atoms with Crippen molar-refractivity contribution in [3.8, 4) is 11.1 Å². The molecule has 2 saturated carbocycles. The first-order chi connectivity index (χ1) is 34.4. The number of hydrogen-bond acceptors (Lipinski definition) is 8. The molecule has 2 heterocycles. The van der Waals surface area contributed by atoms with Crippen molar-refractivity contribution in [2.24, 2.45) is 0 Å². The highest BCUT2D eigenvalue weighted by molar-refractivity contribution is 7.87. The predicted molar refractivity (Wildman–Crippen MR) is 271 cm³/mol. The molecule has 72 heavy (non-hydrogen) atoms. The summed E-state index contributed by atoms with van der Waals surface area (Å²) < 4.78 is 90.4. The van der Waals surface area contributed by atoms with Crippen LogP contribution >= 0.6 is 23.2 Å². The third kappa shape index (κ3) is 12.8. The van der Waals surface area contributed by atoms with E-state index in [9.17, 15) is 36.0 Å². The predicted octanol–water partition coefficient (Wildman–Crippen LogP) is 7.06. The molecule has 16 nitrogen and oxygen atoms in total. The molecule has 0 bridgehead atoms. The summed E-state index contributed by atoms with van der Waals surface area (Å²) in [5.74, 6) is -4.37. The zero-order valence-corrected chi connectivity index (χ0v) is 42.8. The molecule has 4 aliphatic rings. The number of hydrogen-bond donors (Lipinski definition) is 4. The van der Waals surface area contributed by atoms with E-state index in [0.717, 1.165) is 83.7 Å². The van der Waals surface area contributed by atoms with Crippen molar-refractivity contribution in [2.45, 2.75) is 108 Å². The Hall–Kier alpha value is -5.06. The average molecular weight is 1070 g/mol. The van der Waals surface area contributed by atoms with Crippen LogP contribution in [0.25, 0.3) is 11.1 Å². The van der Waals surface area contributed by atoms with Gasteiger partial charge in [-0.1, -0.05) is 98.1 Å². The van der Waals surface area contributed by atoms with Gasteiger partial charge in [-0.25, -0.2) is 13.5 Å². The van der Waals surface area contributed by atoms with Crippen LogP contribution in [0.3, 0.4) is 0 Å². The standard InChI is InChI=1S/C50H58Cl2F2N8O8S2/c1-32(58-72(69,70)60-27-28-60)50(66)62(37-16-10-11-34(53)30-37)47(49(65)57-36-14-6-3-7-15-36)41-21-19-33(29-43(41)52)39-22-20-38(31-44(39)54)61(45(63)23-24-55-71(67,68)59-25-26-59)46(40-17-8-9-18-42(40)51)48(64)56-35-12-4-2-5-13-35/h8-11,16-22,29-32,35-36,46-47,55,58H,2-7,12-15,23-28H2,1H3,(H,56,64)(H,57,65)/t32-,46?,47+/m1/s1. The largest absolute Gasteiger partial charge is 0.351 e. The summed E-state index contributed by atoms with van der Waals surface area (Å²) in [5.41, 5.74) is 0.449. The highest BCUT2D eigenvalue weighted by atomic mass is 35.5. The molecule has 0 aromatic heterocycles. The Morgan fingerprint density at radius 2 is 1.22 bits per heavy atom. The number of halogens is 4. The summed E-state index contributed by atoms with van der Waals surface area (Å²) in [4.78, 5) is 60.4. The number of anilines is 2. The number of carbonyl (C=O) groups is 4. The SMILES string of the molecule is C[C@@H](NS(=O)(=O)N1CC1)C(=O)N(c1cccc(F)c1)[C@H](C(=O)NC1CCCCC1)c1ccc(-c2ccc(N(C(=O)CCNS(=O)(=O)N3CC3)C(C(=O)NC3CCCCC3)c3ccccc3Cl)cc2F)cc1Cl. The smallest absolute Gasteiger partial charge is 0.280 e. The lowest BCUT2D eigenvalue weighted by Gasteiger charge is -2.35. The molecule has 0 spiro atoms. The fourth-order valence-electron chi connectivity index (χ4n) is 9.44. The zero-order chi connectivity index (χ0) is 51.3. The average Bonchev–Trinajstić information content (AvgIpc) is 4.27. The molecule has 1 unspecified atom stereocenters. The normalized spacial score (nSPS) is 18.1. The molecule has 22 heteroatoms. The number of rotatable bonds is 20. The topological polar surface area (TPSA) is 197 Å². The Morgan fingerprint density at radius 3 is 1.79 bits per heavy atom. The van der Waals surface area contributed by atoms with E-state index in [-0.39, 0.29) is 75.4 Å².